The summed E-state index contributed by atoms with van der Waals surface area (Å²) in [6, 6.07) is 0. The van der Waals surface area contributed by atoms with Crippen molar-refractivity contribution in [3.8, 4) is 0 Å². The van der Waals surface area contributed by atoms with Gasteiger partial charge in [0, 0.05) is 18.5 Å². The molecule has 2 saturated heterocycles. The molecule has 1 saturated carbocycles. The van der Waals surface area contributed by atoms with Crippen LogP contribution in [0.1, 0.15) is 53.9 Å². The van der Waals surface area contributed by atoms with Crippen molar-refractivity contribution in [1.82, 2.24) is 4.90 Å². The molecule has 3 aliphatic rings. The van der Waals surface area contributed by atoms with E-state index in [1.807, 2.05) is 25.7 Å². The molecule has 2 aliphatic heterocycles. The van der Waals surface area contributed by atoms with Gasteiger partial charge in [-0.2, -0.15) is 0 Å². The standard InChI is InChI=1S/C17H27NO3/c1-11-8-12(2)10-18(9-11)13(19)17-7-6-16(5,14(20)21-17)15(17,3)4/h11-12H,6-10H2,1-5H3. The highest BCUT2D eigenvalue weighted by molar-refractivity contribution is 5.96. The smallest absolute Gasteiger partial charge is 0.313 e. The second-order valence-corrected chi connectivity index (χ2v) is 8.33. The molecule has 4 heteroatoms. The summed E-state index contributed by atoms with van der Waals surface area (Å²) in [5.41, 5.74) is -1.89. The van der Waals surface area contributed by atoms with Crippen LogP contribution in [0.25, 0.3) is 0 Å². The van der Waals surface area contributed by atoms with E-state index in [1.165, 1.54) is 0 Å². The van der Waals surface area contributed by atoms with Gasteiger partial charge in [0.2, 0.25) is 0 Å². The lowest BCUT2D eigenvalue weighted by Crippen LogP contribution is -2.57. The summed E-state index contributed by atoms with van der Waals surface area (Å²) in [5.74, 6) is 0.884. The fourth-order valence-corrected chi connectivity index (χ4v) is 4.81. The molecule has 0 N–H and O–H groups in total. The number of hydrogen-bond donors (Lipinski definition) is 0. The topological polar surface area (TPSA) is 46.6 Å². The van der Waals surface area contributed by atoms with Gasteiger partial charge in [-0.05, 0) is 38.0 Å². The Morgan fingerprint density at radius 3 is 2.14 bits per heavy atom. The highest BCUT2D eigenvalue weighted by Gasteiger charge is 2.76. The van der Waals surface area contributed by atoms with Crippen LogP contribution in [0.5, 0.6) is 0 Å². The van der Waals surface area contributed by atoms with Gasteiger partial charge in [-0.1, -0.05) is 27.7 Å². The fraction of sp³-hybridized carbons (Fsp3) is 0.882. The molecule has 2 heterocycles. The van der Waals surface area contributed by atoms with Crippen LogP contribution in [0.2, 0.25) is 0 Å². The Hall–Kier alpha value is -1.06. The second-order valence-electron chi connectivity index (χ2n) is 8.33. The van der Waals surface area contributed by atoms with E-state index in [2.05, 4.69) is 13.8 Å². The maximum atomic E-state index is 13.2. The average Bonchev–Trinajstić information content (AvgIpc) is 2.67. The second kappa shape index (κ2) is 4.23. The molecule has 4 unspecified atom stereocenters. The van der Waals surface area contributed by atoms with Crippen LogP contribution < -0.4 is 0 Å². The summed E-state index contributed by atoms with van der Waals surface area (Å²) >= 11 is 0. The molecule has 1 aliphatic carbocycles. The van der Waals surface area contributed by atoms with Crippen LogP contribution in [0.15, 0.2) is 0 Å². The fourth-order valence-electron chi connectivity index (χ4n) is 4.81. The molecule has 0 aromatic rings. The lowest BCUT2D eigenvalue weighted by atomic mass is 9.66. The van der Waals surface area contributed by atoms with Crippen molar-refractivity contribution < 1.29 is 14.3 Å². The van der Waals surface area contributed by atoms with Crippen LogP contribution in [0, 0.1) is 22.7 Å². The first-order chi connectivity index (χ1) is 9.64. The predicted octanol–water partition coefficient (Wildman–Crippen LogP) is 2.61. The van der Waals surface area contributed by atoms with Crippen LogP contribution in [0.4, 0.5) is 0 Å². The number of rotatable bonds is 1. The molecule has 0 radical (unpaired) electrons. The summed E-state index contributed by atoms with van der Waals surface area (Å²) in [4.78, 5) is 27.5. The lowest BCUT2D eigenvalue weighted by molar-refractivity contribution is -0.175. The molecule has 1 amide bonds. The zero-order valence-corrected chi connectivity index (χ0v) is 13.9. The van der Waals surface area contributed by atoms with E-state index in [1.54, 1.807) is 0 Å². The summed E-state index contributed by atoms with van der Waals surface area (Å²) in [7, 11) is 0. The van der Waals surface area contributed by atoms with Crippen molar-refractivity contribution in [2.75, 3.05) is 13.1 Å². The minimum absolute atomic E-state index is 0.0421. The van der Waals surface area contributed by atoms with E-state index in [0.29, 0.717) is 18.3 Å². The van der Waals surface area contributed by atoms with Gasteiger partial charge in [0.05, 0.1) is 5.41 Å². The number of piperidine rings is 1. The summed E-state index contributed by atoms with van der Waals surface area (Å²) in [5, 5.41) is 0. The van der Waals surface area contributed by atoms with Gasteiger partial charge in [0.25, 0.3) is 5.91 Å². The number of fused-ring (bicyclic) bond motifs is 2. The Kier molecular flexibility index (Phi) is 3.00. The van der Waals surface area contributed by atoms with Crippen molar-refractivity contribution in [3.05, 3.63) is 0 Å². The molecule has 118 valence electrons. The first-order valence-electron chi connectivity index (χ1n) is 8.17. The molecule has 2 bridgehead atoms. The monoisotopic (exact) mass is 293 g/mol. The predicted molar refractivity (Wildman–Crippen MR) is 79.5 cm³/mol. The quantitative estimate of drug-likeness (QED) is 0.698. The van der Waals surface area contributed by atoms with E-state index in [-0.39, 0.29) is 11.9 Å². The third-order valence-electron chi connectivity index (χ3n) is 6.59. The molecule has 0 aromatic heterocycles. The summed E-state index contributed by atoms with van der Waals surface area (Å²) in [6.45, 7) is 12.0. The van der Waals surface area contributed by atoms with Crippen LogP contribution >= 0.6 is 0 Å². The number of carbonyl (C=O) groups is 2. The maximum absolute atomic E-state index is 13.2. The Morgan fingerprint density at radius 2 is 1.71 bits per heavy atom. The van der Waals surface area contributed by atoms with Gasteiger partial charge in [0.15, 0.2) is 5.60 Å². The van der Waals surface area contributed by atoms with E-state index >= 15 is 0 Å². The molecule has 3 rings (SSSR count). The highest BCUT2D eigenvalue weighted by Crippen LogP contribution is 2.66. The lowest BCUT2D eigenvalue weighted by Gasteiger charge is -2.42. The van der Waals surface area contributed by atoms with Crippen LogP contribution in [-0.2, 0) is 14.3 Å². The Balaban J connectivity index is 1.93. The average molecular weight is 293 g/mol. The van der Waals surface area contributed by atoms with E-state index in [0.717, 1.165) is 25.9 Å². The van der Waals surface area contributed by atoms with E-state index in [4.69, 9.17) is 4.74 Å². The largest absolute Gasteiger partial charge is 0.448 e. The van der Waals surface area contributed by atoms with Crippen molar-refractivity contribution in [1.29, 1.82) is 0 Å². The van der Waals surface area contributed by atoms with Crippen LogP contribution in [-0.4, -0.2) is 35.5 Å². The highest BCUT2D eigenvalue weighted by atomic mass is 16.6. The molecule has 0 spiro atoms. The molecule has 4 atom stereocenters. The first-order valence-corrected chi connectivity index (χ1v) is 8.17. The summed E-state index contributed by atoms with van der Waals surface area (Å²) in [6.07, 6.45) is 2.58. The van der Waals surface area contributed by atoms with Gasteiger partial charge in [-0.15, -0.1) is 0 Å². The van der Waals surface area contributed by atoms with E-state index in [9.17, 15) is 9.59 Å². The van der Waals surface area contributed by atoms with Gasteiger partial charge in [-0.3, -0.25) is 9.59 Å². The third kappa shape index (κ3) is 1.68. The number of likely N-dealkylation sites (tertiary alicyclic amines) is 1. The van der Waals surface area contributed by atoms with Gasteiger partial charge in [-0.25, -0.2) is 0 Å². The zero-order valence-electron chi connectivity index (χ0n) is 13.9. The molecule has 3 fully saturated rings. The van der Waals surface area contributed by atoms with Crippen LogP contribution in [0.3, 0.4) is 0 Å². The Labute approximate surface area is 127 Å². The Bertz CT molecular complexity index is 490. The molecular weight excluding hydrogens is 266 g/mol. The number of amides is 1. The number of ether oxygens (including phenoxy) is 1. The zero-order chi connectivity index (χ0) is 15.6. The van der Waals surface area contributed by atoms with E-state index < -0.39 is 16.4 Å². The number of hydrogen-bond acceptors (Lipinski definition) is 3. The van der Waals surface area contributed by atoms with Gasteiger partial charge in [0.1, 0.15) is 0 Å². The first kappa shape index (κ1) is 14.9. The Morgan fingerprint density at radius 1 is 1.14 bits per heavy atom. The minimum Gasteiger partial charge on any atom is -0.448 e. The molecule has 0 aromatic carbocycles. The molecule has 21 heavy (non-hydrogen) atoms. The van der Waals surface area contributed by atoms with Crippen molar-refractivity contribution in [2.24, 2.45) is 22.7 Å². The molecule has 4 nitrogen and oxygen atoms in total. The minimum atomic E-state index is -0.935. The van der Waals surface area contributed by atoms with Crippen molar-refractivity contribution in [2.45, 2.75) is 59.5 Å². The normalized spacial score (nSPS) is 44.8. The number of esters is 1. The van der Waals surface area contributed by atoms with Gasteiger partial charge < -0.3 is 9.64 Å². The number of carbonyl (C=O) groups excluding carboxylic acids is 2. The summed E-state index contributed by atoms with van der Waals surface area (Å²) < 4.78 is 5.72. The maximum Gasteiger partial charge on any atom is 0.313 e. The molecular formula is C17H27NO3. The number of nitrogens with zero attached hydrogens (tertiary/aromatic N) is 1. The SMILES string of the molecule is CC1CC(C)CN(C(=O)C23CCC(C)(C(=O)O2)C3(C)C)C1. The third-order valence-corrected chi connectivity index (χ3v) is 6.59. The van der Waals surface area contributed by atoms with Crippen molar-refractivity contribution in [3.63, 3.8) is 0 Å². The van der Waals surface area contributed by atoms with Crippen molar-refractivity contribution >= 4 is 11.9 Å². The van der Waals surface area contributed by atoms with Gasteiger partial charge >= 0.3 is 5.97 Å².